The average molecular weight is 391 g/mol. The summed E-state index contributed by atoms with van der Waals surface area (Å²) in [5, 5.41) is 9.67. The van der Waals surface area contributed by atoms with E-state index in [1.54, 1.807) is 13.8 Å². The van der Waals surface area contributed by atoms with Gasteiger partial charge in [0, 0.05) is 6.92 Å². The highest BCUT2D eigenvalue weighted by Gasteiger charge is 2.25. The summed E-state index contributed by atoms with van der Waals surface area (Å²) in [6, 6.07) is 1.23. The van der Waals surface area contributed by atoms with Crippen LogP contribution in [0.3, 0.4) is 0 Å². The van der Waals surface area contributed by atoms with Gasteiger partial charge in [-0.05, 0) is 47.1 Å². The Morgan fingerprint density at radius 2 is 1.81 bits per heavy atom. The van der Waals surface area contributed by atoms with Crippen LogP contribution in [0.5, 0.6) is 5.75 Å². The van der Waals surface area contributed by atoms with Crippen LogP contribution in [0.2, 0.25) is 5.02 Å². The Labute approximate surface area is 159 Å². The van der Waals surface area contributed by atoms with Gasteiger partial charge in [-0.3, -0.25) is 9.59 Å². The Kier molecular flexibility index (Phi) is 9.81. The molecule has 1 N–H and O–H groups in total. The van der Waals surface area contributed by atoms with E-state index in [4.69, 9.17) is 21.1 Å². The summed E-state index contributed by atoms with van der Waals surface area (Å²) < 4.78 is 24.1. The molecule has 1 aromatic rings. The molecule has 0 radical (unpaired) electrons. The van der Waals surface area contributed by atoms with Crippen LogP contribution in [-0.4, -0.2) is 29.1 Å². The van der Waals surface area contributed by atoms with Crippen molar-refractivity contribution in [2.45, 2.75) is 66.6 Å². The molecule has 0 saturated carbocycles. The maximum Gasteiger partial charge on any atom is 0.303 e. The number of halogens is 2. The summed E-state index contributed by atoms with van der Waals surface area (Å²) >= 11 is 5.74. The van der Waals surface area contributed by atoms with E-state index >= 15 is 0 Å². The monoisotopic (exact) mass is 390 g/mol. The molecule has 0 aliphatic heterocycles. The first-order valence-electron chi connectivity index (χ1n) is 8.38. The first kappa shape index (κ1) is 24.3. The second-order valence-corrected chi connectivity index (χ2v) is 6.99. The third-order valence-corrected chi connectivity index (χ3v) is 3.32. The molecule has 0 saturated heterocycles. The lowest BCUT2D eigenvalue weighted by Crippen LogP contribution is -2.21. The van der Waals surface area contributed by atoms with Crippen molar-refractivity contribution in [1.29, 1.82) is 0 Å². The molecule has 148 valence electrons. The van der Waals surface area contributed by atoms with Crippen molar-refractivity contribution in [1.82, 2.24) is 0 Å². The number of hydrogen-bond acceptors (Lipinski definition) is 5. The Morgan fingerprint density at radius 1 is 1.27 bits per heavy atom. The number of hydrogen-bond donors (Lipinski definition) is 1. The van der Waals surface area contributed by atoms with Crippen molar-refractivity contribution < 1.29 is 28.6 Å². The number of carbonyl (C=O) groups is 2. The van der Waals surface area contributed by atoms with Crippen LogP contribution in [0.25, 0.3) is 0 Å². The lowest BCUT2D eigenvalue weighted by molar-refractivity contribution is -0.151. The second-order valence-electron chi connectivity index (χ2n) is 6.58. The van der Waals surface area contributed by atoms with E-state index < -0.39 is 11.9 Å². The third kappa shape index (κ3) is 7.70. The molecule has 0 bridgehead atoms. The first-order valence-corrected chi connectivity index (χ1v) is 8.76. The minimum atomic E-state index is -1.05. The number of carbonyl (C=O) groups excluding carboxylic acids is 2. The van der Waals surface area contributed by atoms with Gasteiger partial charge in [0.1, 0.15) is 11.4 Å². The van der Waals surface area contributed by atoms with Crippen molar-refractivity contribution in [2.75, 3.05) is 6.61 Å². The van der Waals surface area contributed by atoms with Crippen LogP contribution in [0.15, 0.2) is 6.07 Å². The Bertz CT molecular complexity index is 638. The van der Waals surface area contributed by atoms with E-state index in [0.717, 1.165) is 0 Å². The van der Waals surface area contributed by atoms with E-state index in [1.807, 2.05) is 20.8 Å². The summed E-state index contributed by atoms with van der Waals surface area (Å²) in [5.41, 5.74) is -0.186. The molecule has 1 rings (SSSR count). The quantitative estimate of drug-likeness (QED) is 0.573. The highest BCUT2D eigenvalue weighted by molar-refractivity contribution is 6.31. The predicted octanol–water partition coefficient (Wildman–Crippen LogP) is 4.87. The number of rotatable bonds is 5. The second kappa shape index (κ2) is 10.5. The topological polar surface area (TPSA) is 72.8 Å². The minimum absolute atomic E-state index is 0.0444. The maximum absolute atomic E-state index is 14.0. The van der Waals surface area contributed by atoms with Gasteiger partial charge in [0.15, 0.2) is 11.6 Å². The highest BCUT2D eigenvalue weighted by atomic mass is 35.5. The zero-order valence-corrected chi connectivity index (χ0v) is 17.2. The fourth-order valence-corrected chi connectivity index (χ4v) is 2.33. The zero-order valence-electron chi connectivity index (χ0n) is 16.4. The molecule has 0 aromatic heterocycles. The number of ketones is 1. The fourth-order valence-electron chi connectivity index (χ4n) is 2.12. The van der Waals surface area contributed by atoms with Crippen LogP contribution < -0.4 is 4.74 Å². The number of aliphatic hydroxyl groups is 1. The van der Waals surface area contributed by atoms with E-state index in [-0.39, 0.29) is 45.9 Å². The van der Waals surface area contributed by atoms with Crippen molar-refractivity contribution in [3.05, 3.63) is 28.0 Å². The maximum atomic E-state index is 14.0. The lowest BCUT2D eigenvalue weighted by atomic mass is 9.99. The van der Waals surface area contributed by atoms with Gasteiger partial charge < -0.3 is 14.6 Å². The molecule has 5 nitrogen and oxygen atoms in total. The van der Waals surface area contributed by atoms with Crippen molar-refractivity contribution in [3.63, 3.8) is 0 Å². The summed E-state index contributed by atoms with van der Waals surface area (Å²) in [6.07, 6.45) is -0.752. The fraction of sp³-hybridized carbons (Fsp3) is 0.579. The number of esters is 1. The van der Waals surface area contributed by atoms with E-state index in [2.05, 4.69) is 0 Å². The average Bonchev–Trinajstić information content (AvgIpc) is 2.48. The molecule has 7 heteroatoms. The number of aliphatic hydroxyl groups excluding tert-OH is 1. The van der Waals surface area contributed by atoms with Gasteiger partial charge in [-0.15, -0.1) is 0 Å². The van der Waals surface area contributed by atoms with Gasteiger partial charge in [-0.25, -0.2) is 4.39 Å². The van der Waals surface area contributed by atoms with Gasteiger partial charge in [0.2, 0.25) is 0 Å². The molecule has 0 amide bonds. The van der Waals surface area contributed by atoms with Crippen LogP contribution in [0.1, 0.15) is 76.9 Å². The Morgan fingerprint density at radius 3 is 2.12 bits per heavy atom. The molecular formula is C19H28ClFO5. The smallest absolute Gasteiger partial charge is 0.303 e. The largest absolute Gasteiger partial charge is 0.493 e. The van der Waals surface area contributed by atoms with E-state index in [9.17, 15) is 19.1 Å². The standard InChI is InChI=1S/C13H16ClFO3.C6H12O2/c1-4-10(17)11-12(15)9(14)6-8(7(3)16)13(11)18-5-2;1-5(7)8-6(2,3)4/h6,10,17H,4-5H2,1-3H3;1-4H3. The summed E-state index contributed by atoms with van der Waals surface area (Å²) in [6.45, 7) is 12.0. The molecule has 1 atom stereocenters. The number of ether oxygens (including phenoxy) is 2. The zero-order chi connectivity index (χ0) is 20.7. The SMILES string of the molecule is CC(=O)OC(C)(C)C.CCOc1c(C(C)=O)cc(Cl)c(F)c1C(O)CC. The van der Waals surface area contributed by atoms with Crippen molar-refractivity contribution >= 4 is 23.4 Å². The molecule has 0 aliphatic rings. The molecule has 1 aromatic carbocycles. The minimum Gasteiger partial charge on any atom is -0.493 e. The third-order valence-electron chi connectivity index (χ3n) is 3.04. The van der Waals surface area contributed by atoms with Crippen molar-refractivity contribution in [3.8, 4) is 5.75 Å². The molecule has 0 spiro atoms. The van der Waals surface area contributed by atoms with Gasteiger partial charge >= 0.3 is 5.97 Å². The van der Waals surface area contributed by atoms with Crippen LogP contribution >= 0.6 is 11.6 Å². The molecule has 1 unspecified atom stereocenters. The normalized spacial score (nSPS) is 11.9. The summed E-state index contributed by atoms with van der Waals surface area (Å²) in [5.74, 6) is -1.16. The predicted molar refractivity (Wildman–Crippen MR) is 99.4 cm³/mol. The number of Topliss-reactive ketones (excluding diaryl/α,β-unsaturated/α-hetero) is 1. The Hall–Kier alpha value is -1.66. The van der Waals surface area contributed by atoms with Gasteiger partial charge in [0.25, 0.3) is 0 Å². The van der Waals surface area contributed by atoms with Crippen LogP contribution in [0.4, 0.5) is 4.39 Å². The summed E-state index contributed by atoms with van der Waals surface area (Å²) in [4.78, 5) is 21.8. The molecular weight excluding hydrogens is 363 g/mol. The van der Waals surface area contributed by atoms with E-state index in [0.29, 0.717) is 6.42 Å². The molecule has 0 heterocycles. The molecule has 26 heavy (non-hydrogen) atoms. The Balaban J connectivity index is 0.000000660. The summed E-state index contributed by atoms with van der Waals surface area (Å²) in [7, 11) is 0. The van der Waals surface area contributed by atoms with Gasteiger partial charge in [-0.1, -0.05) is 18.5 Å². The first-order chi connectivity index (χ1) is 11.9. The van der Waals surface area contributed by atoms with Crippen LogP contribution in [-0.2, 0) is 9.53 Å². The van der Waals surface area contributed by atoms with E-state index in [1.165, 1.54) is 19.9 Å². The number of benzene rings is 1. The molecule has 0 aliphatic carbocycles. The van der Waals surface area contributed by atoms with Gasteiger partial charge in [-0.2, -0.15) is 0 Å². The van der Waals surface area contributed by atoms with Crippen LogP contribution in [0, 0.1) is 5.82 Å². The van der Waals surface area contributed by atoms with Crippen molar-refractivity contribution in [2.24, 2.45) is 0 Å². The lowest BCUT2D eigenvalue weighted by Gasteiger charge is -2.18. The highest BCUT2D eigenvalue weighted by Crippen LogP contribution is 2.37. The molecule has 0 fully saturated rings. The van der Waals surface area contributed by atoms with Gasteiger partial charge in [0.05, 0.1) is 28.9 Å².